The molecule has 3 aromatic rings. The number of aliphatic hydroxyl groups is 1. The van der Waals surface area contributed by atoms with Crippen LogP contribution in [0.4, 0.5) is 8.78 Å². The van der Waals surface area contributed by atoms with Gasteiger partial charge in [0.05, 0.1) is 0 Å². The Labute approximate surface area is 102 Å². The van der Waals surface area contributed by atoms with E-state index in [-0.39, 0.29) is 5.56 Å². The number of nitrogens with one attached hydrogen (secondary N) is 1. The first-order valence-corrected chi connectivity index (χ1v) is 5.63. The van der Waals surface area contributed by atoms with E-state index in [1.165, 1.54) is 6.07 Å². The summed E-state index contributed by atoms with van der Waals surface area (Å²) in [6.45, 7) is 0. The molecule has 0 aliphatic heterocycles. The summed E-state index contributed by atoms with van der Waals surface area (Å²) in [4.78, 5) is 3.20. The highest BCUT2D eigenvalue weighted by atomic mass is 19.3. The number of aliphatic hydroxyl groups excluding tert-OH is 1. The summed E-state index contributed by atoms with van der Waals surface area (Å²) in [5, 5.41) is 11.2. The molecule has 2 N–H and O–H groups in total. The monoisotopic (exact) mass is 247 g/mol. The van der Waals surface area contributed by atoms with Gasteiger partial charge in [-0.15, -0.1) is 0 Å². The first-order valence-electron chi connectivity index (χ1n) is 5.63. The number of hydrogen-bond donors (Lipinski definition) is 2. The van der Waals surface area contributed by atoms with Gasteiger partial charge in [0, 0.05) is 21.8 Å². The molecule has 0 bridgehead atoms. The van der Waals surface area contributed by atoms with Crippen molar-refractivity contribution in [3.63, 3.8) is 0 Å². The van der Waals surface area contributed by atoms with Crippen LogP contribution >= 0.6 is 0 Å². The van der Waals surface area contributed by atoms with Gasteiger partial charge in [0.1, 0.15) is 6.10 Å². The molecule has 1 atom stereocenters. The lowest BCUT2D eigenvalue weighted by Crippen LogP contribution is -2.07. The summed E-state index contributed by atoms with van der Waals surface area (Å²) < 4.78 is 25.0. The largest absolute Gasteiger partial charge is 0.382 e. The van der Waals surface area contributed by atoms with Crippen molar-refractivity contribution in [3.05, 3.63) is 48.0 Å². The van der Waals surface area contributed by atoms with E-state index in [4.69, 9.17) is 0 Å². The van der Waals surface area contributed by atoms with Crippen LogP contribution in [0.5, 0.6) is 0 Å². The van der Waals surface area contributed by atoms with Crippen molar-refractivity contribution in [1.29, 1.82) is 0 Å². The van der Waals surface area contributed by atoms with Crippen LogP contribution in [0.15, 0.2) is 42.5 Å². The van der Waals surface area contributed by atoms with Crippen LogP contribution in [0, 0.1) is 0 Å². The van der Waals surface area contributed by atoms with Crippen molar-refractivity contribution >= 4 is 21.8 Å². The third kappa shape index (κ3) is 1.66. The molecule has 1 unspecified atom stereocenters. The lowest BCUT2D eigenvalue weighted by Gasteiger charge is -2.09. The van der Waals surface area contributed by atoms with Gasteiger partial charge in [0.15, 0.2) is 0 Å². The van der Waals surface area contributed by atoms with Crippen LogP contribution in [0.1, 0.15) is 11.7 Å². The third-order valence-corrected chi connectivity index (χ3v) is 3.11. The van der Waals surface area contributed by atoms with E-state index in [1.807, 2.05) is 24.3 Å². The Morgan fingerprint density at radius 3 is 2.44 bits per heavy atom. The maximum absolute atomic E-state index is 12.5. The van der Waals surface area contributed by atoms with Crippen molar-refractivity contribution in [1.82, 2.24) is 4.98 Å². The van der Waals surface area contributed by atoms with Crippen molar-refractivity contribution in [2.45, 2.75) is 12.5 Å². The van der Waals surface area contributed by atoms with Gasteiger partial charge in [-0.3, -0.25) is 0 Å². The summed E-state index contributed by atoms with van der Waals surface area (Å²) in [5.74, 6) is 0. The molecule has 0 saturated heterocycles. The molecule has 0 spiro atoms. The SMILES string of the molecule is OC(c1ccc2[nH]c3ccccc3c2c1)C(F)F. The van der Waals surface area contributed by atoms with Gasteiger partial charge in [-0.25, -0.2) is 8.78 Å². The van der Waals surface area contributed by atoms with Crippen LogP contribution < -0.4 is 0 Å². The Morgan fingerprint density at radius 1 is 0.944 bits per heavy atom. The molecule has 0 saturated carbocycles. The highest BCUT2D eigenvalue weighted by Crippen LogP contribution is 2.29. The Hall–Kier alpha value is -1.94. The van der Waals surface area contributed by atoms with Crippen LogP contribution in [0.25, 0.3) is 21.8 Å². The third-order valence-electron chi connectivity index (χ3n) is 3.11. The smallest absolute Gasteiger partial charge is 0.268 e. The first kappa shape index (κ1) is 11.2. The Morgan fingerprint density at radius 2 is 1.67 bits per heavy atom. The Bertz CT molecular complexity index is 705. The van der Waals surface area contributed by atoms with E-state index in [0.29, 0.717) is 0 Å². The summed E-state index contributed by atoms with van der Waals surface area (Å²) in [5.41, 5.74) is 2.07. The second-order valence-corrected chi connectivity index (χ2v) is 4.25. The molecule has 1 aromatic heterocycles. The number of rotatable bonds is 2. The molecule has 0 amide bonds. The molecule has 2 nitrogen and oxygen atoms in total. The topological polar surface area (TPSA) is 36.0 Å². The average Bonchev–Trinajstić information content (AvgIpc) is 2.75. The lowest BCUT2D eigenvalue weighted by molar-refractivity contribution is -0.00570. The first-order chi connectivity index (χ1) is 8.66. The number of aromatic amines is 1. The van der Waals surface area contributed by atoms with Crippen LogP contribution in [-0.2, 0) is 0 Å². The highest BCUT2D eigenvalue weighted by Gasteiger charge is 2.19. The lowest BCUT2D eigenvalue weighted by atomic mass is 10.1. The number of aromatic nitrogens is 1. The summed E-state index contributed by atoms with van der Waals surface area (Å²) in [6.07, 6.45) is -4.50. The predicted octanol–water partition coefficient (Wildman–Crippen LogP) is 3.62. The molecule has 1 heterocycles. The summed E-state index contributed by atoms with van der Waals surface area (Å²) in [6, 6.07) is 12.5. The maximum Gasteiger partial charge on any atom is 0.268 e. The van der Waals surface area contributed by atoms with Gasteiger partial charge in [-0.05, 0) is 23.8 Å². The Kier molecular flexibility index (Phi) is 2.52. The zero-order chi connectivity index (χ0) is 12.7. The minimum atomic E-state index is -2.77. The minimum absolute atomic E-state index is 0.238. The molecule has 0 aliphatic rings. The van der Waals surface area contributed by atoms with Crippen molar-refractivity contribution in [2.75, 3.05) is 0 Å². The number of alkyl halides is 2. The minimum Gasteiger partial charge on any atom is -0.382 e. The zero-order valence-electron chi connectivity index (χ0n) is 9.40. The van der Waals surface area contributed by atoms with Gasteiger partial charge in [0.2, 0.25) is 0 Å². The molecule has 0 aliphatic carbocycles. The Balaban J connectivity index is 2.24. The molecule has 92 valence electrons. The number of hydrogen-bond acceptors (Lipinski definition) is 1. The van der Waals surface area contributed by atoms with Gasteiger partial charge in [0.25, 0.3) is 6.43 Å². The second-order valence-electron chi connectivity index (χ2n) is 4.25. The number of halogens is 2. The zero-order valence-corrected chi connectivity index (χ0v) is 9.40. The normalized spacial score (nSPS) is 13.6. The van der Waals surface area contributed by atoms with E-state index in [2.05, 4.69) is 4.98 Å². The number of benzene rings is 2. The van der Waals surface area contributed by atoms with E-state index in [9.17, 15) is 13.9 Å². The fourth-order valence-electron chi connectivity index (χ4n) is 2.20. The summed E-state index contributed by atoms with van der Waals surface area (Å²) in [7, 11) is 0. The number of H-pyrrole nitrogens is 1. The van der Waals surface area contributed by atoms with Gasteiger partial charge in [-0.2, -0.15) is 0 Å². The van der Waals surface area contributed by atoms with E-state index < -0.39 is 12.5 Å². The fraction of sp³-hybridized carbons (Fsp3) is 0.143. The fourth-order valence-corrected chi connectivity index (χ4v) is 2.20. The van der Waals surface area contributed by atoms with E-state index >= 15 is 0 Å². The molecule has 0 fully saturated rings. The molecule has 18 heavy (non-hydrogen) atoms. The molecule has 2 aromatic carbocycles. The molecular formula is C14H11F2NO. The highest BCUT2D eigenvalue weighted by molar-refractivity contribution is 6.07. The van der Waals surface area contributed by atoms with Gasteiger partial charge >= 0.3 is 0 Å². The standard InChI is InChI=1S/C14H11F2NO/c15-14(16)13(18)8-5-6-12-10(7-8)9-3-1-2-4-11(9)17-12/h1-7,13-14,17-18H. The molecule has 4 heteroatoms. The van der Waals surface area contributed by atoms with Crippen LogP contribution in [0.2, 0.25) is 0 Å². The maximum atomic E-state index is 12.5. The van der Waals surface area contributed by atoms with Crippen molar-refractivity contribution in [2.24, 2.45) is 0 Å². The van der Waals surface area contributed by atoms with E-state index in [1.54, 1.807) is 12.1 Å². The van der Waals surface area contributed by atoms with Crippen LogP contribution in [0.3, 0.4) is 0 Å². The van der Waals surface area contributed by atoms with Gasteiger partial charge < -0.3 is 10.1 Å². The van der Waals surface area contributed by atoms with Crippen LogP contribution in [-0.4, -0.2) is 16.5 Å². The number of para-hydroxylation sites is 1. The average molecular weight is 247 g/mol. The van der Waals surface area contributed by atoms with Crippen molar-refractivity contribution in [3.8, 4) is 0 Å². The molecule has 0 radical (unpaired) electrons. The molecule has 3 rings (SSSR count). The number of fused-ring (bicyclic) bond motifs is 3. The quantitative estimate of drug-likeness (QED) is 0.712. The predicted molar refractivity (Wildman–Crippen MR) is 66.8 cm³/mol. The van der Waals surface area contributed by atoms with Gasteiger partial charge in [-0.1, -0.05) is 24.3 Å². The van der Waals surface area contributed by atoms with E-state index in [0.717, 1.165) is 21.8 Å². The summed E-state index contributed by atoms with van der Waals surface area (Å²) >= 11 is 0. The molecular weight excluding hydrogens is 236 g/mol. The second kappa shape index (κ2) is 4.07. The van der Waals surface area contributed by atoms with Crippen molar-refractivity contribution < 1.29 is 13.9 Å².